The first-order chi connectivity index (χ1) is 17.6. The molecule has 7 rings (SSSR count). The van der Waals surface area contributed by atoms with Crippen molar-refractivity contribution in [2.24, 2.45) is 0 Å². The van der Waals surface area contributed by atoms with Crippen molar-refractivity contribution < 1.29 is 4.42 Å². The number of rotatable bonds is 4. The lowest BCUT2D eigenvalue weighted by molar-refractivity contribution is 0.558. The maximum absolute atomic E-state index is 5.45. The normalized spacial score (nSPS) is 13.8. The number of benzene rings is 4. The zero-order valence-electron chi connectivity index (χ0n) is 20.7. The van der Waals surface area contributed by atoms with Gasteiger partial charge in [0.15, 0.2) is 12.2 Å². The molecule has 0 amide bonds. The van der Waals surface area contributed by atoms with Gasteiger partial charge in [-0.2, -0.15) is 4.98 Å². The van der Waals surface area contributed by atoms with Crippen LogP contribution in [0.5, 0.6) is 0 Å². The number of hydrogen-bond acceptors (Lipinski definition) is 3. The van der Waals surface area contributed by atoms with Crippen molar-refractivity contribution >= 4 is 39.0 Å². The highest BCUT2D eigenvalue weighted by molar-refractivity contribution is 6.09. The van der Waals surface area contributed by atoms with Crippen molar-refractivity contribution in [3.63, 3.8) is 0 Å². The summed E-state index contributed by atoms with van der Waals surface area (Å²) in [5.74, 6) is 0.766. The van der Waals surface area contributed by atoms with Gasteiger partial charge in [-0.15, -0.1) is 0 Å². The van der Waals surface area contributed by atoms with Crippen molar-refractivity contribution in [1.82, 2.24) is 9.55 Å². The van der Waals surface area contributed by atoms with Crippen molar-refractivity contribution in [2.75, 3.05) is 4.90 Å². The molecule has 2 aromatic heterocycles. The van der Waals surface area contributed by atoms with Crippen LogP contribution < -0.4 is 4.90 Å². The fourth-order valence-corrected chi connectivity index (χ4v) is 6.08. The summed E-state index contributed by atoms with van der Waals surface area (Å²) in [5, 5.41) is 2.51. The zero-order chi connectivity index (χ0) is 24.4. The van der Waals surface area contributed by atoms with Crippen LogP contribution in [0.4, 0.5) is 17.2 Å². The van der Waals surface area contributed by atoms with Gasteiger partial charge in [-0.25, -0.2) is 0 Å². The first kappa shape index (κ1) is 21.0. The van der Waals surface area contributed by atoms with Gasteiger partial charge in [-0.1, -0.05) is 62.4 Å². The van der Waals surface area contributed by atoms with Gasteiger partial charge in [-0.3, -0.25) is 4.90 Å². The van der Waals surface area contributed by atoms with E-state index in [1.54, 1.807) is 6.26 Å². The monoisotopic (exact) mass is 469 g/mol. The van der Waals surface area contributed by atoms with Gasteiger partial charge in [0.2, 0.25) is 0 Å². The van der Waals surface area contributed by atoms with E-state index in [0.717, 1.165) is 23.7 Å². The second-order valence-corrected chi connectivity index (χ2v) is 10.0. The molecule has 0 fully saturated rings. The van der Waals surface area contributed by atoms with E-state index >= 15 is 0 Å². The summed E-state index contributed by atoms with van der Waals surface area (Å²) in [6.07, 6.45) is 3.21. The molecule has 0 aliphatic heterocycles. The van der Waals surface area contributed by atoms with Gasteiger partial charge in [0.25, 0.3) is 0 Å². The highest BCUT2D eigenvalue weighted by Crippen LogP contribution is 2.50. The minimum Gasteiger partial charge on any atom is -0.449 e. The number of hydrogen-bond donors (Lipinski definition) is 0. The van der Waals surface area contributed by atoms with Crippen LogP contribution in [0.2, 0.25) is 0 Å². The summed E-state index contributed by atoms with van der Waals surface area (Å²) in [6.45, 7) is 7.75. The molecule has 6 aromatic rings. The Morgan fingerprint density at radius 1 is 0.778 bits per heavy atom. The number of aryl methyl sites for hydroxylation is 1. The predicted molar refractivity (Wildman–Crippen MR) is 147 cm³/mol. The van der Waals surface area contributed by atoms with Gasteiger partial charge in [-0.05, 0) is 65.6 Å². The van der Waals surface area contributed by atoms with Crippen LogP contribution in [0.3, 0.4) is 0 Å². The summed E-state index contributed by atoms with van der Waals surface area (Å²) >= 11 is 0. The molecule has 0 saturated heterocycles. The highest BCUT2D eigenvalue weighted by atomic mass is 16.3. The van der Waals surface area contributed by atoms with Crippen molar-refractivity contribution in [3.8, 4) is 11.1 Å². The Labute approximate surface area is 210 Å². The molecule has 1 aliphatic carbocycles. The molecule has 4 aromatic carbocycles. The third-order valence-electron chi connectivity index (χ3n) is 7.80. The first-order valence-electron chi connectivity index (χ1n) is 12.5. The molecule has 0 atom stereocenters. The van der Waals surface area contributed by atoms with E-state index in [4.69, 9.17) is 4.42 Å². The predicted octanol–water partition coefficient (Wildman–Crippen LogP) is 8.58. The second kappa shape index (κ2) is 7.59. The summed E-state index contributed by atoms with van der Waals surface area (Å²) in [6, 6.07) is 30.9. The lowest BCUT2D eigenvalue weighted by Gasteiger charge is -2.26. The SMILES string of the molecule is CCn1c2ccccc2c2cc(N(c3ccc4c(c3)C(C)(C)c3ccccc3-4)c3cocn3)ccc21. The number of fused-ring (bicyclic) bond motifs is 6. The van der Waals surface area contributed by atoms with Crippen molar-refractivity contribution in [1.29, 1.82) is 0 Å². The van der Waals surface area contributed by atoms with Crippen molar-refractivity contribution in [2.45, 2.75) is 32.7 Å². The topological polar surface area (TPSA) is 34.2 Å². The molecular formula is C32H27N3O. The van der Waals surface area contributed by atoms with Crippen LogP contribution in [-0.2, 0) is 12.0 Å². The molecule has 1 aliphatic rings. The number of para-hydroxylation sites is 1. The van der Waals surface area contributed by atoms with E-state index in [0.29, 0.717) is 0 Å². The van der Waals surface area contributed by atoms with Crippen LogP contribution in [-0.4, -0.2) is 9.55 Å². The maximum Gasteiger partial charge on any atom is 0.182 e. The molecule has 0 bridgehead atoms. The van der Waals surface area contributed by atoms with Crippen LogP contribution in [0.1, 0.15) is 31.9 Å². The molecule has 2 heterocycles. The van der Waals surface area contributed by atoms with Gasteiger partial charge in [0.1, 0.15) is 6.26 Å². The lowest BCUT2D eigenvalue weighted by Crippen LogP contribution is -2.16. The molecule has 4 nitrogen and oxygen atoms in total. The molecule has 176 valence electrons. The van der Waals surface area contributed by atoms with Crippen LogP contribution in [0, 0.1) is 0 Å². The van der Waals surface area contributed by atoms with E-state index < -0.39 is 0 Å². The summed E-state index contributed by atoms with van der Waals surface area (Å²) in [7, 11) is 0. The largest absolute Gasteiger partial charge is 0.449 e. The van der Waals surface area contributed by atoms with Gasteiger partial charge < -0.3 is 8.98 Å². The molecule has 0 radical (unpaired) electrons. The minimum absolute atomic E-state index is 0.0735. The molecular weight excluding hydrogens is 442 g/mol. The fourth-order valence-electron chi connectivity index (χ4n) is 6.08. The molecule has 0 spiro atoms. The fraction of sp³-hybridized carbons (Fsp3) is 0.156. The Kier molecular flexibility index (Phi) is 4.43. The highest BCUT2D eigenvalue weighted by Gasteiger charge is 2.35. The Morgan fingerprint density at radius 3 is 2.33 bits per heavy atom. The van der Waals surface area contributed by atoms with E-state index in [1.165, 1.54) is 50.5 Å². The lowest BCUT2D eigenvalue weighted by atomic mass is 9.82. The summed E-state index contributed by atoms with van der Waals surface area (Å²) < 4.78 is 7.82. The average Bonchev–Trinajstić information content (AvgIpc) is 3.60. The Bertz CT molecular complexity index is 1760. The van der Waals surface area contributed by atoms with Crippen LogP contribution in [0.25, 0.3) is 32.9 Å². The molecule has 36 heavy (non-hydrogen) atoms. The summed E-state index contributed by atoms with van der Waals surface area (Å²) in [5.41, 5.74) is 9.90. The summed E-state index contributed by atoms with van der Waals surface area (Å²) in [4.78, 5) is 6.75. The van der Waals surface area contributed by atoms with E-state index in [9.17, 15) is 0 Å². The standard InChI is InChI=1S/C32H27N3O/c1-4-34-29-12-8-6-10-25(29)26-17-21(14-16-30(26)34)35(31-19-36-20-33-31)22-13-15-24-23-9-5-7-11-27(23)32(2,3)28(24)18-22/h5-20H,4H2,1-3H3. The second-order valence-electron chi connectivity index (χ2n) is 10.0. The Balaban J connectivity index is 1.44. The van der Waals surface area contributed by atoms with Crippen LogP contribution >= 0.6 is 0 Å². The number of oxazole rings is 1. The number of anilines is 3. The van der Waals surface area contributed by atoms with Gasteiger partial charge >= 0.3 is 0 Å². The van der Waals surface area contributed by atoms with E-state index in [2.05, 4.69) is 120 Å². The van der Waals surface area contributed by atoms with Gasteiger partial charge in [0, 0.05) is 45.1 Å². The molecule has 4 heteroatoms. The molecule has 0 saturated carbocycles. The molecule has 0 unspecified atom stereocenters. The third-order valence-corrected chi connectivity index (χ3v) is 7.80. The average molecular weight is 470 g/mol. The number of nitrogens with zero attached hydrogens (tertiary/aromatic N) is 3. The molecule has 0 N–H and O–H groups in total. The first-order valence-corrected chi connectivity index (χ1v) is 12.5. The van der Waals surface area contributed by atoms with Crippen molar-refractivity contribution in [3.05, 3.63) is 109 Å². The number of aromatic nitrogens is 2. The van der Waals surface area contributed by atoms with E-state index in [-0.39, 0.29) is 5.41 Å². The zero-order valence-corrected chi connectivity index (χ0v) is 20.7. The third kappa shape index (κ3) is 2.84. The van der Waals surface area contributed by atoms with E-state index in [1.807, 2.05) is 0 Å². The quantitative estimate of drug-likeness (QED) is 0.259. The Morgan fingerprint density at radius 2 is 1.50 bits per heavy atom. The Hall–Kier alpha value is -4.31. The minimum atomic E-state index is -0.0735. The van der Waals surface area contributed by atoms with Gasteiger partial charge in [0.05, 0.1) is 0 Å². The smallest absolute Gasteiger partial charge is 0.182 e. The maximum atomic E-state index is 5.45. The van der Waals surface area contributed by atoms with Crippen LogP contribution in [0.15, 0.2) is 102 Å².